The van der Waals surface area contributed by atoms with Crippen LogP contribution in [0.4, 0.5) is 0 Å². The van der Waals surface area contributed by atoms with Crippen LogP contribution in [0.25, 0.3) is 0 Å². The number of rotatable bonds is 8. The van der Waals surface area contributed by atoms with Crippen molar-refractivity contribution in [3.8, 4) is 0 Å². The second-order valence-electron chi connectivity index (χ2n) is 6.36. The minimum atomic E-state index is -3.08. The summed E-state index contributed by atoms with van der Waals surface area (Å²) in [6, 6.07) is 0. The lowest BCUT2D eigenvalue weighted by atomic mass is 9.97. The van der Waals surface area contributed by atoms with Crippen LogP contribution in [0.2, 0.25) is 0 Å². The van der Waals surface area contributed by atoms with Crippen LogP contribution in [0.15, 0.2) is 4.99 Å². The zero-order valence-electron chi connectivity index (χ0n) is 14.8. The van der Waals surface area contributed by atoms with Crippen molar-refractivity contribution in [1.82, 2.24) is 14.9 Å². The summed E-state index contributed by atoms with van der Waals surface area (Å²) < 4.78 is 25.2. The third kappa shape index (κ3) is 9.09. The molecule has 0 bridgehead atoms. The molecule has 1 aliphatic rings. The minimum Gasteiger partial charge on any atom is -0.356 e. The maximum Gasteiger partial charge on any atom is 0.211 e. The van der Waals surface area contributed by atoms with Crippen LogP contribution in [-0.2, 0) is 10.0 Å². The van der Waals surface area contributed by atoms with E-state index >= 15 is 0 Å². The molecule has 1 rings (SSSR count). The molecular formula is C15H33IN4O2S. The molecule has 8 heteroatoms. The number of hydrogen-bond donors (Lipinski definition) is 2. The molecule has 6 nitrogen and oxygen atoms in total. The summed E-state index contributed by atoms with van der Waals surface area (Å²) in [4.78, 5) is 6.65. The van der Waals surface area contributed by atoms with Gasteiger partial charge in [0.2, 0.25) is 10.0 Å². The quantitative estimate of drug-likeness (QED) is 0.251. The Morgan fingerprint density at radius 2 is 2.04 bits per heavy atom. The number of halogens is 1. The maximum atomic E-state index is 11.3. The number of sulfonamides is 1. The smallest absolute Gasteiger partial charge is 0.211 e. The molecule has 1 fully saturated rings. The lowest BCUT2D eigenvalue weighted by Gasteiger charge is -2.22. The van der Waals surface area contributed by atoms with E-state index in [1.165, 1.54) is 12.8 Å². The summed E-state index contributed by atoms with van der Waals surface area (Å²) >= 11 is 0. The van der Waals surface area contributed by atoms with E-state index in [0.29, 0.717) is 6.54 Å². The molecule has 0 aliphatic carbocycles. The van der Waals surface area contributed by atoms with Gasteiger partial charge in [-0.05, 0) is 38.0 Å². The third-order valence-corrected chi connectivity index (χ3v) is 5.34. The van der Waals surface area contributed by atoms with Gasteiger partial charge in [0.05, 0.1) is 5.75 Å². The van der Waals surface area contributed by atoms with E-state index in [0.717, 1.165) is 43.9 Å². The SMILES string of the molecule is CCS(=O)(=O)NCCCNC(=NC)N1CCC(CC(C)C)C1.I. The van der Waals surface area contributed by atoms with E-state index in [4.69, 9.17) is 0 Å². The van der Waals surface area contributed by atoms with Gasteiger partial charge in [0.25, 0.3) is 0 Å². The highest BCUT2D eigenvalue weighted by Gasteiger charge is 2.25. The predicted octanol–water partition coefficient (Wildman–Crippen LogP) is 1.88. The summed E-state index contributed by atoms with van der Waals surface area (Å²) in [7, 11) is -1.28. The molecule has 1 unspecified atom stereocenters. The van der Waals surface area contributed by atoms with Crippen molar-refractivity contribution in [2.24, 2.45) is 16.8 Å². The number of aliphatic imine (C=N–C) groups is 1. The molecular weight excluding hydrogens is 427 g/mol. The van der Waals surface area contributed by atoms with Crippen molar-refractivity contribution in [2.45, 2.75) is 40.0 Å². The highest BCUT2D eigenvalue weighted by Crippen LogP contribution is 2.23. The fraction of sp³-hybridized carbons (Fsp3) is 0.933. The van der Waals surface area contributed by atoms with Gasteiger partial charge in [-0.15, -0.1) is 24.0 Å². The zero-order valence-corrected chi connectivity index (χ0v) is 18.0. The van der Waals surface area contributed by atoms with Crippen molar-refractivity contribution < 1.29 is 8.42 Å². The molecule has 1 heterocycles. The Labute approximate surface area is 159 Å². The summed E-state index contributed by atoms with van der Waals surface area (Å²) in [6.07, 6.45) is 3.25. The molecule has 0 aromatic carbocycles. The summed E-state index contributed by atoms with van der Waals surface area (Å²) in [5.41, 5.74) is 0. The normalized spacial score (nSPS) is 19.1. The molecule has 2 N–H and O–H groups in total. The molecule has 0 aromatic rings. The van der Waals surface area contributed by atoms with E-state index < -0.39 is 10.0 Å². The van der Waals surface area contributed by atoms with Crippen LogP contribution in [-0.4, -0.2) is 58.3 Å². The number of likely N-dealkylation sites (tertiary alicyclic amines) is 1. The fourth-order valence-corrected chi connectivity index (χ4v) is 3.49. The first-order valence-electron chi connectivity index (χ1n) is 8.30. The monoisotopic (exact) mass is 460 g/mol. The molecule has 1 saturated heterocycles. The average molecular weight is 460 g/mol. The van der Waals surface area contributed by atoms with Crippen LogP contribution >= 0.6 is 24.0 Å². The van der Waals surface area contributed by atoms with Gasteiger partial charge in [-0.25, -0.2) is 13.1 Å². The molecule has 0 radical (unpaired) electrons. The van der Waals surface area contributed by atoms with Gasteiger partial charge in [-0.2, -0.15) is 0 Å². The first-order valence-corrected chi connectivity index (χ1v) is 9.96. The largest absolute Gasteiger partial charge is 0.356 e. The van der Waals surface area contributed by atoms with Gasteiger partial charge in [0.15, 0.2) is 5.96 Å². The first kappa shape index (κ1) is 22.9. The van der Waals surface area contributed by atoms with Gasteiger partial charge in [-0.3, -0.25) is 4.99 Å². The van der Waals surface area contributed by atoms with Crippen molar-refractivity contribution in [2.75, 3.05) is 39.0 Å². The van der Waals surface area contributed by atoms with Gasteiger partial charge >= 0.3 is 0 Å². The van der Waals surface area contributed by atoms with Crippen molar-refractivity contribution in [3.05, 3.63) is 0 Å². The number of guanidine groups is 1. The molecule has 23 heavy (non-hydrogen) atoms. The van der Waals surface area contributed by atoms with Crippen molar-refractivity contribution in [1.29, 1.82) is 0 Å². The lowest BCUT2D eigenvalue weighted by molar-refractivity contribution is 0.403. The van der Waals surface area contributed by atoms with Crippen LogP contribution in [0.5, 0.6) is 0 Å². The Balaban J connectivity index is 0.00000484. The van der Waals surface area contributed by atoms with Crippen LogP contribution < -0.4 is 10.0 Å². The van der Waals surface area contributed by atoms with E-state index in [9.17, 15) is 8.42 Å². The summed E-state index contributed by atoms with van der Waals surface area (Å²) in [5, 5.41) is 3.33. The van der Waals surface area contributed by atoms with E-state index in [1.807, 2.05) is 0 Å². The van der Waals surface area contributed by atoms with Crippen LogP contribution in [0.3, 0.4) is 0 Å². The predicted molar refractivity (Wildman–Crippen MR) is 108 cm³/mol. The van der Waals surface area contributed by atoms with Crippen molar-refractivity contribution in [3.63, 3.8) is 0 Å². The Bertz CT molecular complexity index is 454. The number of hydrogen-bond acceptors (Lipinski definition) is 3. The third-order valence-electron chi connectivity index (χ3n) is 3.94. The standard InChI is InChI=1S/C15H32N4O2S.HI/c1-5-22(20,21)18-9-6-8-17-15(16-4)19-10-7-14(12-19)11-13(2)3;/h13-14,18H,5-12H2,1-4H3,(H,16,17);1H. The minimum absolute atomic E-state index is 0. The Hall–Kier alpha value is -0.0900. The molecule has 0 saturated carbocycles. The first-order chi connectivity index (χ1) is 10.4. The van der Waals surface area contributed by atoms with Gasteiger partial charge in [0, 0.05) is 33.2 Å². The number of nitrogens with zero attached hydrogens (tertiary/aromatic N) is 2. The zero-order chi connectivity index (χ0) is 16.6. The fourth-order valence-electron chi connectivity index (χ4n) is 2.83. The lowest BCUT2D eigenvalue weighted by Crippen LogP contribution is -2.41. The highest BCUT2D eigenvalue weighted by molar-refractivity contribution is 14.0. The molecule has 1 atom stereocenters. The molecule has 1 aliphatic heterocycles. The van der Waals surface area contributed by atoms with Gasteiger partial charge in [0.1, 0.15) is 0 Å². The van der Waals surface area contributed by atoms with E-state index in [1.54, 1.807) is 14.0 Å². The average Bonchev–Trinajstić information content (AvgIpc) is 2.90. The molecule has 138 valence electrons. The summed E-state index contributed by atoms with van der Waals surface area (Å²) in [5.74, 6) is 2.57. The van der Waals surface area contributed by atoms with Crippen LogP contribution in [0, 0.1) is 11.8 Å². The van der Waals surface area contributed by atoms with Gasteiger partial charge in [-0.1, -0.05) is 13.8 Å². The van der Waals surface area contributed by atoms with Crippen LogP contribution in [0.1, 0.15) is 40.0 Å². The second-order valence-corrected chi connectivity index (χ2v) is 8.45. The topological polar surface area (TPSA) is 73.8 Å². The molecule has 0 amide bonds. The molecule has 0 spiro atoms. The van der Waals surface area contributed by atoms with Gasteiger partial charge < -0.3 is 10.2 Å². The Kier molecular flexibility index (Phi) is 11.4. The van der Waals surface area contributed by atoms with E-state index in [2.05, 4.69) is 33.8 Å². The second kappa shape index (κ2) is 11.5. The maximum absolute atomic E-state index is 11.3. The Morgan fingerprint density at radius 3 is 2.61 bits per heavy atom. The van der Waals surface area contributed by atoms with Crippen molar-refractivity contribution >= 4 is 40.0 Å². The Morgan fingerprint density at radius 1 is 1.35 bits per heavy atom. The van der Waals surface area contributed by atoms with E-state index in [-0.39, 0.29) is 29.7 Å². The highest BCUT2D eigenvalue weighted by atomic mass is 127. The summed E-state index contributed by atoms with van der Waals surface area (Å²) in [6.45, 7) is 9.50. The number of nitrogens with one attached hydrogen (secondary N) is 2. The molecule has 0 aromatic heterocycles.